The molecule has 0 aliphatic carbocycles. The van der Waals surface area contributed by atoms with Gasteiger partial charge in [-0.2, -0.15) is 0 Å². The van der Waals surface area contributed by atoms with Gasteiger partial charge in [-0.3, -0.25) is 4.79 Å². The minimum atomic E-state index is 0.0867. The van der Waals surface area contributed by atoms with Crippen LogP contribution in [-0.2, 0) is 16.1 Å². The van der Waals surface area contributed by atoms with Crippen molar-refractivity contribution in [3.8, 4) is 0 Å². The van der Waals surface area contributed by atoms with Crippen LogP contribution in [0.3, 0.4) is 0 Å². The molecule has 2 N–H and O–H groups in total. The highest BCUT2D eigenvalue weighted by molar-refractivity contribution is 5.75. The Kier molecular flexibility index (Phi) is 6.54. The Hall–Kier alpha value is -1.39. The topological polar surface area (TPSA) is 50.4 Å². The number of piperidine rings is 1. The maximum absolute atomic E-state index is 11.7. The molecular formula is C16H24N2O2. The smallest absolute Gasteiger partial charge is 0.222 e. The number of hydrogen-bond acceptors (Lipinski definition) is 3. The van der Waals surface area contributed by atoms with Crippen LogP contribution in [-0.4, -0.2) is 32.1 Å². The van der Waals surface area contributed by atoms with Crippen LogP contribution < -0.4 is 10.6 Å². The minimum absolute atomic E-state index is 0.0867. The molecule has 1 aromatic carbocycles. The third kappa shape index (κ3) is 5.72. The highest BCUT2D eigenvalue weighted by Gasteiger charge is 2.13. The summed E-state index contributed by atoms with van der Waals surface area (Å²) in [5.41, 5.74) is 1.14. The monoisotopic (exact) mass is 276 g/mol. The zero-order valence-electron chi connectivity index (χ0n) is 11.9. The molecule has 0 saturated carbocycles. The van der Waals surface area contributed by atoms with E-state index in [4.69, 9.17) is 4.74 Å². The van der Waals surface area contributed by atoms with Crippen molar-refractivity contribution in [3.05, 3.63) is 35.9 Å². The maximum atomic E-state index is 11.7. The first-order chi connectivity index (χ1) is 9.84. The third-order valence-corrected chi connectivity index (χ3v) is 3.57. The Morgan fingerprint density at radius 3 is 2.95 bits per heavy atom. The van der Waals surface area contributed by atoms with Gasteiger partial charge in [0, 0.05) is 13.0 Å². The average molecular weight is 276 g/mol. The lowest BCUT2D eigenvalue weighted by atomic mass is 10.00. The lowest BCUT2D eigenvalue weighted by Crippen LogP contribution is -2.38. The van der Waals surface area contributed by atoms with Crippen LogP contribution in [0.25, 0.3) is 0 Å². The summed E-state index contributed by atoms with van der Waals surface area (Å²) in [7, 11) is 0. The second-order valence-corrected chi connectivity index (χ2v) is 5.30. The van der Waals surface area contributed by atoms with Gasteiger partial charge >= 0.3 is 0 Å². The van der Waals surface area contributed by atoms with E-state index in [1.54, 1.807) is 0 Å². The van der Waals surface area contributed by atoms with Crippen molar-refractivity contribution < 1.29 is 9.53 Å². The van der Waals surface area contributed by atoms with Gasteiger partial charge in [-0.1, -0.05) is 30.3 Å². The van der Waals surface area contributed by atoms with Crippen molar-refractivity contribution in [2.45, 2.75) is 25.9 Å². The Morgan fingerprint density at radius 2 is 2.20 bits per heavy atom. The van der Waals surface area contributed by atoms with Gasteiger partial charge in [0.2, 0.25) is 5.91 Å². The van der Waals surface area contributed by atoms with E-state index in [0.717, 1.165) is 25.2 Å². The number of benzene rings is 1. The molecular weight excluding hydrogens is 252 g/mol. The van der Waals surface area contributed by atoms with Crippen LogP contribution in [0.4, 0.5) is 0 Å². The summed E-state index contributed by atoms with van der Waals surface area (Å²) in [6.07, 6.45) is 2.85. The van der Waals surface area contributed by atoms with Gasteiger partial charge in [-0.15, -0.1) is 0 Å². The Balaban J connectivity index is 1.51. The van der Waals surface area contributed by atoms with Crippen molar-refractivity contribution in [1.29, 1.82) is 0 Å². The lowest BCUT2D eigenvalue weighted by molar-refractivity contribution is -0.122. The molecule has 1 atom stereocenters. The molecule has 110 valence electrons. The zero-order chi connectivity index (χ0) is 14.0. The highest BCUT2D eigenvalue weighted by Crippen LogP contribution is 2.08. The fraction of sp³-hybridized carbons (Fsp3) is 0.562. The van der Waals surface area contributed by atoms with E-state index in [1.807, 2.05) is 30.3 Å². The van der Waals surface area contributed by atoms with Gasteiger partial charge in [0.25, 0.3) is 0 Å². The first kappa shape index (κ1) is 15.0. The maximum Gasteiger partial charge on any atom is 0.222 e. The normalized spacial score (nSPS) is 18.7. The van der Waals surface area contributed by atoms with E-state index >= 15 is 0 Å². The van der Waals surface area contributed by atoms with Crippen LogP contribution in [0.5, 0.6) is 0 Å². The van der Waals surface area contributed by atoms with Crippen LogP contribution in [0, 0.1) is 5.92 Å². The number of carbonyl (C=O) groups is 1. The molecule has 20 heavy (non-hydrogen) atoms. The summed E-state index contributed by atoms with van der Waals surface area (Å²) >= 11 is 0. The average Bonchev–Trinajstić information content (AvgIpc) is 2.52. The first-order valence-corrected chi connectivity index (χ1v) is 7.43. The van der Waals surface area contributed by atoms with Gasteiger partial charge in [-0.25, -0.2) is 0 Å². The molecule has 1 aliphatic heterocycles. The van der Waals surface area contributed by atoms with E-state index in [9.17, 15) is 4.79 Å². The molecule has 1 fully saturated rings. The lowest BCUT2D eigenvalue weighted by Gasteiger charge is -2.22. The molecule has 1 heterocycles. The second kappa shape index (κ2) is 8.72. The van der Waals surface area contributed by atoms with Crippen molar-refractivity contribution in [2.75, 3.05) is 26.2 Å². The molecule has 0 radical (unpaired) electrons. The summed E-state index contributed by atoms with van der Waals surface area (Å²) in [4.78, 5) is 11.7. The highest BCUT2D eigenvalue weighted by atomic mass is 16.5. The van der Waals surface area contributed by atoms with E-state index < -0.39 is 0 Å². The van der Waals surface area contributed by atoms with Gasteiger partial charge < -0.3 is 15.4 Å². The molecule has 1 amide bonds. The molecule has 1 aliphatic rings. The summed E-state index contributed by atoms with van der Waals surface area (Å²) in [6.45, 7) is 3.96. The molecule has 1 saturated heterocycles. The largest absolute Gasteiger partial charge is 0.376 e. The zero-order valence-corrected chi connectivity index (χ0v) is 11.9. The van der Waals surface area contributed by atoms with Crippen molar-refractivity contribution in [3.63, 3.8) is 0 Å². The number of carbonyl (C=O) groups excluding carboxylic acids is 1. The predicted molar refractivity (Wildman–Crippen MR) is 79.3 cm³/mol. The second-order valence-electron chi connectivity index (χ2n) is 5.30. The summed E-state index contributed by atoms with van der Waals surface area (Å²) < 4.78 is 5.51. The molecule has 1 unspecified atom stereocenters. The van der Waals surface area contributed by atoms with E-state index in [-0.39, 0.29) is 5.91 Å². The summed E-state index contributed by atoms with van der Waals surface area (Å²) in [5.74, 6) is 0.668. The third-order valence-electron chi connectivity index (χ3n) is 3.57. The summed E-state index contributed by atoms with van der Waals surface area (Å²) in [6, 6.07) is 10.0. The fourth-order valence-electron chi connectivity index (χ4n) is 2.37. The Morgan fingerprint density at radius 1 is 1.35 bits per heavy atom. The van der Waals surface area contributed by atoms with Gasteiger partial charge in [-0.05, 0) is 37.4 Å². The van der Waals surface area contributed by atoms with Crippen LogP contribution in [0.2, 0.25) is 0 Å². The SMILES string of the molecule is O=C(CCOCc1ccccc1)NCC1CCCNC1. The van der Waals surface area contributed by atoms with Gasteiger partial charge in [0.05, 0.1) is 13.2 Å². The first-order valence-electron chi connectivity index (χ1n) is 7.43. The van der Waals surface area contributed by atoms with E-state index in [0.29, 0.717) is 25.6 Å². The van der Waals surface area contributed by atoms with E-state index in [1.165, 1.54) is 12.8 Å². The molecule has 0 spiro atoms. The predicted octanol–water partition coefficient (Wildman–Crippen LogP) is 1.71. The van der Waals surface area contributed by atoms with Crippen molar-refractivity contribution >= 4 is 5.91 Å². The molecule has 4 nitrogen and oxygen atoms in total. The quantitative estimate of drug-likeness (QED) is 0.745. The Bertz CT molecular complexity index is 389. The molecule has 2 rings (SSSR count). The number of amides is 1. The number of ether oxygens (including phenoxy) is 1. The van der Waals surface area contributed by atoms with Crippen molar-refractivity contribution in [2.24, 2.45) is 5.92 Å². The number of rotatable bonds is 7. The van der Waals surface area contributed by atoms with Crippen LogP contribution >= 0.6 is 0 Å². The fourth-order valence-corrected chi connectivity index (χ4v) is 2.37. The Labute approximate surface area is 120 Å². The van der Waals surface area contributed by atoms with Gasteiger partial charge in [0.1, 0.15) is 0 Å². The molecule has 0 bridgehead atoms. The van der Waals surface area contributed by atoms with Crippen molar-refractivity contribution in [1.82, 2.24) is 10.6 Å². The summed E-state index contributed by atoms with van der Waals surface area (Å²) in [5, 5.41) is 6.35. The van der Waals surface area contributed by atoms with Gasteiger partial charge in [0.15, 0.2) is 0 Å². The minimum Gasteiger partial charge on any atom is -0.376 e. The standard InChI is InChI=1S/C16H24N2O2/c19-16(18-12-15-7-4-9-17-11-15)8-10-20-13-14-5-2-1-3-6-14/h1-3,5-6,15,17H,4,7-13H2,(H,18,19). The number of nitrogens with one attached hydrogen (secondary N) is 2. The molecule has 0 aromatic heterocycles. The van der Waals surface area contributed by atoms with Crippen LogP contribution in [0.15, 0.2) is 30.3 Å². The van der Waals surface area contributed by atoms with Crippen LogP contribution in [0.1, 0.15) is 24.8 Å². The molecule has 4 heteroatoms. The molecule has 1 aromatic rings. The van der Waals surface area contributed by atoms with E-state index in [2.05, 4.69) is 10.6 Å². The number of hydrogen-bond donors (Lipinski definition) is 2.